The van der Waals surface area contributed by atoms with Crippen LogP contribution in [0.25, 0.3) is 11.1 Å². The summed E-state index contributed by atoms with van der Waals surface area (Å²) in [5.41, 5.74) is 6.88. The zero-order chi connectivity index (χ0) is 24.2. The Labute approximate surface area is 226 Å². The highest BCUT2D eigenvalue weighted by atomic mass is 127. The van der Waals surface area contributed by atoms with Crippen LogP contribution in [0.5, 0.6) is 0 Å². The van der Waals surface area contributed by atoms with Gasteiger partial charge in [-0.1, -0.05) is 24.3 Å². The molecule has 0 aromatic heterocycles. The molecule has 0 atom stereocenters. The highest BCUT2D eigenvalue weighted by molar-refractivity contribution is 14.1. The average molecular weight is 672 g/mol. The number of aryl methyl sites for hydroxylation is 2. The van der Waals surface area contributed by atoms with Crippen LogP contribution in [0.15, 0.2) is 84.9 Å². The molecule has 170 valence electrons. The van der Waals surface area contributed by atoms with Crippen molar-refractivity contribution in [2.45, 2.75) is 13.8 Å². The van der Waals surface area contributed by atoms with Gasteiger partial charge < -0.3 is 10.6 Å². The zero-order valence-corrected chi connectivity index (χ0v) is 23.0. The van der Waals surface area contributed by atoms with E-state index in [2.05, 4.69) is 67.9 Å². The van der Waals surface area contributed by atoms with E-state index in [1.807, 2.05) is 86.6 Å². The van der Waals surface area contributed by atoms with Crippen LogP contribution in [0.4, 0.5) is 11.4 Å². The van der Waals surface area contributed by atoms with Gasteiger partial charge in [-0.3, -0.25) is 9.59 Å². The third-order valence-electron chi connectivity index (χ3n) is 5.46. The van der Waals surface area contributed by atoms with Crippen molar-refractivity contribution in [3.05, 3.63) is 114 Å². The van der Waals surface area contributed by atoms with Gasteiger partial charge >= 0.3 is 0 Å². The van der Waals surface area contributed by atoms with Gasteiger partial charge in [0.05, 0.1) is 0 Å². The molecule has 34 heavy (non-hydrogen) atoms. The summed E-state index contributed by atoms with van der Waals surface area (Å²) in [6.07, 6.45) is 0. The maximum absolute atomic E-state index is 12.6. The van der Waals surface area contributed by atoms with Crippen molar-refractivity contribution in [1.82, 2.24) is 0 Å². The molecule has 4 aromatic rings. The predicted molar refractivity (Wildman–Crippen MR) is 156 cm³/mol. The van der Waals surface area contributed by atoms with Crippen LogP contribution >= 0.6 is 45.2 Å². The highest BCUT2D eigenvalue weighted by Gasteiger charge is 2.11. The molecule has 0 heterocycles. The van der Waals surface area contributed by atoms with Gasteiger partial charge in [-0.05, 0) is 142 Å². The lowest BCUT2D eigenvalue weighted by Gasteiger charge is -2.13. The van der Waals surface area contributed by atoms with E-state index < -0.39 is 0 Å². The lowest BCUT2D eigenvalue weighted by Crippen LogP contribution is -2.13. The first-order valence-electron chi connectivity index (χ1n) is 10.7. The summed E-state index contributed by atoms with van der Waals surface area (Å²) >= 11 is 4.40. The van der Waals surface area contributed by atoms with Crippen LogP contribution in [0, 0.1) is 21.0 Å². The third-order valence-corrected chi connectivity index (χ3v) is 6.80. The highest BCUT2D eigenvalue weighted by Crippen LogP contribution is 2.28. The molecule has 6 heteroatoms. The Morgan fingerprint density at radius 2 is 1.00 bits per heavy atom. The van der Waals surface area contributed by atoms with Crippen molar-refractivity contribution in [2.75, 3.05) is 10.6 Å². The van der Waals surface area contributed by atoms with E-state index in [9.17, 15) is 9.59 Å². The van der Waals surface area contributed by atoms with Crippen LogP contribution in [-0.4, -0.2) is 11.8 Å². The monoisotopic (exact) mass is 672 g/mol. The number of hydrogen-bond acceptors (Lipinski definition) is 2. The second-order valence-electron chi connectivity index (χ2n) is 7.99. The van der Waals surface area contributed by atoms with Gasteiger partial charge in [0.1, 0.15) is 0 Å². The van der Waals surface area contributed by atoms with E-state index in [0.717, 1.165) is 40.8 Å². The first kappa shape index (κ1) is 24.4. The largest absolute Gasteiger partial charge is 0.322 e. The molecule has 2 N–H and O–H groups in total. The Bertz CT molecular complexity index is 1290. The maximum atomic E-state index is 12.6. The number of amides is 2. The number of halogens is 2. The van der Waals surface area contributed by atoms with Gasteiger partial charge in [0, 0.05) is 29.6 Å². The van der Waals surface area contributed by atoms with E-state index in [0.29, 0.717) is 11.1 Å². The number of hydrogen-bond donors (Lipinski definition) is 2. The number of carbonyl (C=O) groups is 2. The molecule has 0 unspecified atom stereocenters. The van der Waals surface area contributed by atoms with Crippen molar-refractivity contribution in [2.24, 2.45) is 0 Å². The summed E-state index contributed by atoms with van der Waals surface area (Å²) in [6.45, 7) is 3.97. The number of benzene rings is 4. The molecular formula is C28H22I2N2O2. The second kappa shape index (κ2) is 10.7. The van der Waals surface area contributed by atoms with Crippen molar-refractivity contribution in [3.63, 3.8) is 0 Å². The van der Waals surface area contributed by atoms with Crippen molar-refractivity contribution < 1.29 is 9.59 Å². The minimum Gasteiger partial charge on any atom is -0.322 e. The molecule has 0 bridgehead atoms. The summed E-state index contributed by atoms with van der Waals surface area (Å²) in [7, 11) is 0. The first-order chi connectivity index (χ1) is 16.3. The van der Waals surface area contributed by atoms with Crippen molar-refractivity contribution >= 4 is 68.4 Å². The summed E-state index contributed by atoms with van der Waals surface area (Å²) < 4.78 is 2.04. The topological polar surface area (TPSA) is 58.2 Å². The van der Waals surface area contributed by atoms with Crippen molar-refractivity contribution in [1.29, 1.82) is 0 Å². The van der Waals surface area contributed by atoms with Crippen LogP contribution in [0.3, 0.4) is 0 Å². The van der Waals surface area contributed by atoms with Gasteiger partial charge in [0.15, 0.2) is 0 Å². The van der Waals surface area contributed by atoms with Gasteiger partial charge in [0.2, 0.25) is 0 Å². The quantitative estimate of drug-likeness (QED) is 0.214. The molecule has 0 aliphatic rings. The minimum absolute atomic E-state index is 0.126. The lowest BCUT2D eigenvalue weighted by molar-refractivity contribution is 0.101. The van der Waals surface area contributed by atoms with E-state index >= 15 is 0 Å². The Morgan fingerprint density at radius 1 is 0.588 bits per heavy atom. The summed E-state index contributed by atoms with van der Waals surface area (Å²) in [5, 5.41) is 6.01. The fraction of sp³-hybridized carbons (Fsp3) is 0.0714. The normalized spacial score (nSPS) is 10.6. The molecule has 4 rings (SSSR count). The van der Waals surface area contributed by atoms with Crippen molar-refractivity contribution in [3.8, 4) is 11.1 Å². The summed E-state index contributed by atoms with van der Waals surface area (Å²) in [6, 6.07) is 27.0. The van der Waals surface area contributed by atoms with E-state index in [4.69, 9.17) is 0 Å². The van der Waals surface area contributed by atoms with Crippen LogP contribution in [0.2, 0.25) is 0 Å². The van der Waals surface area contributed by atoms with Gasteiger partial charge in [-0.25, -0.2) is 0 Å². The van der Waals surface area contributed by atoms with E-state index in [1.54, 1.807) is 0 Å². The minimum atomic E-state index is -0.126. The van der Waals surface area contributed by atoms with Gasteiger partial charge in [-0.2, -0.15) is 0 Å². The molecule has 0 saturated heterocycles. The van der Waals surface area contributed by atoms with Gasteiger partial charge in [0.25, 0.3) is 11.8 Å². The number of anilines is 2. The Morgan fingerprint density at radius 3 is 1.35 bits per heavy atom. The average Bonchev–Trinajstić information content (AvgIpc) is 2.81. The lowest BCUT2D eigenvalue weighted by atomic mass is 9.99. The standard InChI is InChI=1S/C28H22I2N2O2/c1-17-13-19(9-11-25(17)31-27(33)21-5-3-7-23(29)15-21)20-10-12-26(18(2)14-20)32-28(34)22-6-4-8-24(30)16-22/h3-16H,1-2H3,(H,31,33)(H,32,34). The van der Waals surface area contributed by atoms with E-state index in [-0.39, 0.29) is 11.8 Å². The molecule has 2 amide bonds. The molecule has 4 nitrogen and oxygen atoms in total. The molecule has 0 saturated carbocycles. The summed E-state index contributed by atoms with van der Waals surface area (Å²) in [5.74, 6) is -0.253. The third kappa shape index (κ3) is 5.85. The molecule has 0 aliphatic carbocycles. The second-order valence-corrected chi connectivity index (χ2v) is 10.5. The fourth-order valence-electron chi connectivity index (χ4n) is 3.62. The number of carbonyl (C=O) groups excluding carboxylic acids is 2. The molecule has 0 fully saturated rings. The summed E-state index contributed by atoms with van der Waals surface area (Å²) in [4.78, 5) is 25.2. The maximum Gasteiger partial charge on any atom is 0.255 e. The molecule has 4 aromatic carbocycles. The zero-order valence-electron chi connectivity index (χ0n) is 18.7. The van der Waals surface area contributed by atoms with Crippen LogP contribution in [0.1, 0.15) is 31.8 Å². The molecule has 0 aliphatic heterocycles. The fourth-order valence-corrected chi connectivity index (χ4v) is 4.70. The molecule has 0 radical (unpaired) electrons. The SMILES string of the molecule is Cc1cc(-c2ccc(NC(=O)c3cccc(I)c3)c(C)c2)ccc1NC(=O)c1cccc(I)c1. The Hall–Kier alpha value is -2.72. The number of rotatable bonds is 5. The molecule has 0 spiro atoms. The van der Waals surface area contributed by atoms with E-state index in [1.165, 1.54) is 0 Å². The number of nitrogens with one attached hydrogen (secondary N) is 2. The molecular weight excluding hydrogens is 650 g/mol. The van der Waals surface area contributed by atoms with Gasteiger partial charge in [-0.15, -0.1) is 0 Å². The van der Waals surface area contributed by atoms with Crippen LogP contribution < -0.4 is 10.6 Å². The smallest absolute Gasteiger partial charge is 0.255 e. The van der Waals surface area contributed by atoms with Crippen LogP contribution in [-0.2, 0) is 0 Å². The first-order valence-corrected chi connectivity index (χ1v) is 12.8. The Balaban J connectivity index is 1.50. The Kier molecular flexibility index (Phi) is 7.67. The predicted octanol–water partition coefficient (Wildman–Crippen LogP) is 7.68.